The van der Waals surface area contributed by atoms with Crippen LogP contribution in [0.3, 0.4) is 0 Å². The van der Waals surface area contributed by atoms with E-state index in [9.17, 15) is 0 Å². The van der Waals surface area contributed by atoms with E-state index >= 15 is 0 Å². The van der Waals surface area contributed by atoms with Crippen LogP contribution in [0.2, 0.25) is 0 Å². The molecule has 1 saturated heterocycles. The fourth-order valence-electron chi connectivity index (χ4n) is 3.14. The number of nitrogens with zero attached hydrogens (tertiary/aromatic N) is 4. The normalized spacial score (nSPS) is 24.5. The summed E-state index contributed by atoms with van der Waals surface area (Å²) in [5, 5.41) is 3.16. The van der Waals surface area contributed by atoms with Crippen molar-refractivity contribution in [2.24, 2.45) is 5.92 Å². The minimum atomic E-state index is 0.0646. The number of hydrogen-bond acceptors (Lipinski definition) is 6. The standard InChI is InChI=1S/C14H23N5O/c1-4-15-12-16-13(18-14(17-12)20-9(2)3)19-8-10-5-6-11(19)7-10/h9-11H,4-8H2,1-3H3,(H,15,16,17,18). The molecule has 6 nitrogen and oxygen atoms in total. The van der Waals surface area contributed by atoms with Crippen LogP contribution in [-0.4, -0.2) is 40.2 Å². The molecule has 3 rings (SSSR count). The molecule has 0 radical (unpaired) electrons. The molecule has 0 aromatic carbocycles. The number of hydrogen-bond donors (Lipinski definition) is 1. The van der Waals surface area contributed by atoms with Crippen molar-refractivity contribution in [2.45, 2.75) is 52.2 Å². The largest absolute Gasteiger partial charge is 0.461 e. The molecular formula is C14H23N5O. The highest BCUT2D eigenvalue weighted by Crippen LogP contribution is 2.39. The number of aromatic nitrogens is 3. The van der Waals surface area contributed by atoms with Crippen LogP contribution >= 0.6 is 0 Å². The Morgan fingerprint density at radius 3 is 2.75 bits per heavy atom. The van der Waals surface area contributed by atoms with E-state index in [1.807, 2.05) is 20.8 Å². The summed E-state index contributed by atoms with van der Waals surface area (Å²) < 4.78 is 5.65. The first-order valence-electron chi connectivity index (χ1n) is 7.59. The minimum absolute atomic E-state index is 0.0646. The molecule has 2 atom stereocenters. The summed E-state index contributed by atoms with van der Waals surface area (Å²) in [6.07, 6.45) is 3.95. The summed E-state index contributed by atoms with van der Waals surface area (Å²) in [6.45, 7) is 7.85. The highest BCUT2D eigenvalue weighted by molar-refractivity contribution is 5.41. The molecule has 1 aliphatic carbocycles. The molecule has 2 unspecified atom stereocenters. The van der Waals surface area contributed by atoms with Crippen LogP contribution in [-0.2, 0) is 0 Å². The summed E-state index contributed by atoms with van der Waals surface area (Å²) in [5.41, 5.74) is 0. The second kappa shape index (κ2) is 5.42. The number of ether oxygens (including phenoxy) is 1. The van der Waals surface area contributed by atoms with E-state index in [1.54, 1.807) is 0 Å². The van der Waals surface area contributed by atoms with E-state index in [-0.39, 0.29) is 6.10 Å². The van der Waals surface area contributed by atoms with Crippen molar-refractivity contribution < 1.29 is 4.74 Å². The molecule has 1 aromatic rings. The average molecular weight is 277 g/mol. The van der Waals surface area contributed by atoms with Gasteiger partial charge in [-0.25, -0.2) is 0 Å². The van der Waals surface area contributed by atoms with E-state index in [2.05, 4.69) is 25.2 Å². The summed E-state index contributed by atoms with van der Waals surface area (Å²) in [5.74, 6) is 2.18. The maximum absolute atomic E-state index is 5.65. The molecule has 2 bridgehead atoms. The Morgan fingerprint density at radius 1 is 1.30 bits per heavy atom. The van der Waals surface area contributed by atoms with Crippen molar-refractivity contribution in [1.29, 1.82) is 0 Å². The monoisotopic (exact) mass is 277 g/mol. The Kier molecular flexibility index (Phi) is 3.63. The van der Waals surface area contributed by atoms with E-state index in [1.165, 1.54) is 19.3 Å². The van der Waals surface area contributed by atoms with E-state index in [0.717, 1.165) is 25.0 Å². The van der Waals surface area contributed by atoms with Gasteiger partial charge in [-0.05, 0) is 46.0 Å². The fraction of sp³-hybridized carbons (Fsp3) is 0.786. The van der Waals surface area contributed by atoms with Gasteiger partial charge in [0.25, 0.3) is 0 Å². The van der Waals surface area contributed by atoms with E-state index in [4.69, 9.17) is 4.74 Å². The molecular weight excluding hydrogens is 254 g/mol. The quantitative estimate of drug-likeness (QED) is 0.889. The third kappa shape index (κ3) is 2.64. The molecule has 2 aliphatic rings. The molecule has 1 N–H and O–H groups in total. The SMILES string of the molecule is CCNc1nc(OC(C)C)nc(N2CC3CCC2C3)n1. The summed E-state index contributed by atoms with van der Waals surface area (Å²) in [7, 11) is 0. The zero-order chi connectivity index (χ0) is 14.1. The Bertz CT molecular complexity index is 479. The molecule has 0 spiro atoms. The van der Waals surface area contributed by atoms with Crippen LogP contribution in [0.5, 0.6) is 6.01 Å². The van der Waals surface area contributed by atoms with Crippen molar-refractivity contribution in [2.75, 3.05) is 23.3 Å². The van der Waals surface area contributed by atoms with Gasteiger partial charge in [0.1, 0.15) is 0 Å². The number of anilines is 2. The number of nitrogens with one attached hydrogen (secondary N) is 1. The zero-order valence-electron chi connectivity index (χ0n) is 12.5. The molecule has 110 valence electrons. The van der Waals surface area contributed by atoms with Crippen LogP contribution in [0, 0.1) is 5.92 Å². The predicted octanol–water partition coefficient (Wildman–Crippen LogP) is 2.08. The Labute approximate surface area is 120 Å². The van der Waals surface area contributed by atoms with Crippen molar-refractivity contribution in [3.8, 4) is 6.01 Å². The molecule has 2 fully saturated rings. The lowest BCUT2D eigenvalue weighted by Crippen LogP contribution is -2.33. The zero-order valence-corrected chi connectivity index (χ0v) is 12.5. The lowest BCUT2D eigenvalue weighted by atomic mass is 10.1. The van der Waals surface area contributed by atoms with Gasteiger partial charge >= 0.3 is 6.01 Å². The first kappa shape index (κ1) is 13.4. The third-order valence-corrected chi connectivity index (χ3v) is 3.95. The van der Waals surface area contributed by atoms with Crippen LogP contribution in [0.15, 0.2) is 0 Å². The second-order valence-electron chi connectivity index (χ2n) is 5.92. The van der Waals surface area contributed by atoms with E-state index in [0.29, 0.717) is 18.0 Å². The molecule has 1 aromatic heterocycles. The first-order valence-corrected chi connectivity index (χ1v) is 7.59. The first-order chi connectivity index (χ1) is 9.65. The topological polar surface area (TPSA) is 63.2 Å². The Hall–Kier alpha value is -1.59. The van der Waals surface area contributed by atoms with E-state index < -0.39 is 0 Å². The van der Waals surface area contributed by atoms with Crippen LogP contribution in [0.1, 0.15) is 40.0 Å². The maximum Gasteiger partial charge on any atom is 0.323 e. The van der Waals surface area contributed by atoms with Crippen LogP contribution < -0.4 is 15.0 Å². The number of rotatable bonds is 5. The number of fused-ring (bicyclic) bond motifs is 2. The van der Waals surface area contributed by atoms with Crippen molar-refractivity contribution in [3.05, 3.63) is 0 Å². The molecule has 2 heterocycles. The van der Waals surface area contributed by atoms with Crippen molar-refractivity contribution >= 4 is 11.9 Å². The highest BCUT2D eigenvalue weighted by Gasteiger charge is 2.39. The van der Waals surface area contributed by atoms with Gasteiger partial charge in [-0.2, -0.15) is 15.0 Å². The summed E-state index contributed by atoms with van der Waals surface area (Å²) in [4.78, 5) is 15.7. The van der Waals surface area contributed by atoms with Gasteiger partial charge in [0.2, 0.25) is 11.9 Å². The minimum Gasteiger partial charge on any atom is -0.461 e. The summed E-state index contributed by atoms with van der Waals surface area (Å²) in [6, 6.07) is 1.02. The smallest absolute Gasteiger partial charge is 0.323 e. The van der Waals surface area contributed by atoms with Gasteiger partial charge in [0.05, 0.1) is 6.10 Å². The fourth-order valence-corrected chi connectivity index (χ4v) is 3.14. The van der Waals surface area contributed by atoms with Crippen molar-refractivity contribution in [3.63, 3.8) is 0 Å². The lowest BCUT2D eigenvalue weighted by molar-refractivity contribution is 0.222. The summed E-state index contributed by atoms with van der Waals surface area (Å²) >= 11 is 0. The predicted molar refractivity (Wildman–Crippen MR) is 78.2 cm³/mol. The number of piperidine rings is 1. The molecule has 6 heteroatoms. The van der Waals surface area contributed by atoms with Crippen molar-refractivity contribution in [1.82, 2.24) is 15.0 Å². The Balaban J connectivity index is 1.86. The lowest BCUT2D eigenvalue weighted by Gasteiger charge is -2.27. The van der Waals surface area contributed by atoms with Gasteiger partial charge in [-0.15, -0.1) is 0 Å². The second-order valence-corrected chi connectivity index (χ2v) is 5.92. The highest BCUT2D eigenvalue weighted by atomic mass is 16.5. The Morgan fingerprint density at radius 2 is 2.15 bits per heavy atom. The van der Waals surface area contributed by atoms with Gasteiger partial charge in [0, 0.05) is 19.1 Å². The molecule has 0 amide bonds. The van der Waals surface area contributed by atoms with Gasteiger partial charge < -0.3 is 15.0 Å². The van der Waals surface area contributed by atoms with Crippen LogP contribution in [0.4, 0.5) is 11.9 Å². The third-order valence-electron chi connectivity index (χ3n) is 3.95. The van der Waals surface area contributed by atoms with Gasteiger partial charge in [-0.1, -0.05) is 0 Å². The average Bonchev–Trinajstić information content (AvgIpc) is 3.00. The molecule has 20 heavy (non-hydrogen) atoms. The maximum atomic E-state index is 5.65. The molecule has 1 saturated carbocycles. The molecule has 1 aliphatic heterocycles. The van der Waals surface area contributed by atoms with Crippen LogP contribution in [0.25, 0.3) is 0 Å². The van der Waals surface area contributed by atoms with Gasteiger partial charge in [-0.3, -0.25) is 0 Å². The van der Waals surface area contributed by atoms with Gasteiger partial charge in [0.15, 0.2) is 0 Å².